The first kappa shape index (κ1) is 23.1. The van der Waals surface area contributed by atoms with Crippen LogP contribution in [-0.4, -0.2) is 64.2 Å². The van der Waals surface area contributed by atoms with E-state index in [0.717, 1.165) is 37.2 Å². The first-order valence-corrected chi connectivity index (χ1v) is 10.2. The number of aliphatic hydroxyl groups is 1. The van der Waals surface area contributed by atoms with Gasteiger partial charge in [0.15, 0.2) is 0 Å². The van der Waals surface area contributed by atoms with Crippen molar-refractivity contribution >= 4 is 18.0 Å². The Kier molecular flexibility index (Phi) is 9.30. The highest BCUT2D eigenvalue weighted by atomic mass is 16.5. The predicted octanol–water partition coefficient (Wildman–Crippen LogP) is 0.945. The molecule has 1 heterocycles. The van der Waals surface area contributed by atoms with Gasteiger partial charge in [0.1, 0.15) is 12.8 Å². The molecule has 0 unspecified atom stereocenters. The minimum atomic E-state index is -0.579. The van der Waals surface area contributed by atoms with Gasteiger partial charge in [0, 0.05) is 31.7 Å². The molecule has 5 N–H and O–H groups in total. The fourth-order valence-electron chi connectivity index (χ4n) is 4.21. The molecule has 29 heavy (non-hydrogen) atoms. The van der Waals surface area contributed by atoms with Crippen LogP contribution in [0.3, 0.4) is 0 Å². The first-order chi connectivity index (χ1) is 14.0. The average molecular weight is 408 g/mol. The van der Waals surface area contributed by atoms with Crippen molar-refractivity contribution in [2.75, 3.05) is 19.8 Å². The van der Waals surface area contributed by atoms with Gasteiger partial charge in [-0.1, -0.05) is 32.3 Å². The number of likely N-dealkylation sites (tertiary alicyclic amines) is 1. The molecule has 2 fully saturated rings. The average Bonchev–Trinajstić information content (AvgIpc) is 3.38. The summed E-state index contributed by atoms with van der Waals surface area (Å²) >= 11 is 0. The van der Waals surface area contributed by atoms with Gasteiger partial charge in [0.2, 0.25) is 11.8 Å². The normalized spacial score (nSPS) is 21.5. The van der Waals surface area contributed by atoms with Crippen LogP contribution >= 0.6 is 0 Å². The number of hydroxylamine groups is 2. The van der Waals surface area contributed by atoms with Crippen molar-refractivity contribution in [3.05, 3.63) is 24.7 Å². The third-order valence-electron chi connectivity index (χ3n) is 5.56. The summed E-state index contributed by atoms with van der Waals surface area (Å²) in [7, 11) is 0. The summed E-state index contributed by atoms with van der Waals surface area (Å²) in [6.07, 6.45) is 10.5. The largest absolute Gasteiger partial charge is 0.403 e. The molecule has 0 spiro atoms. The quantitative estimate of drug-likeness (QED) is 0.242. The van der Waals surface area contributed by atoms with Gasteiger partial charge in [-0.15, -0.1) is 0 Å². The van der Waals surface area contributed by atoms with Crippen LogP contribution in [0.1, 0.15) is 44.9 Å². The van der Waals surface area contributed by atoms with E-state index in [1.165, 1.54) is 18.6 Å². The van der Waals surface area contributed by atoms with E-state index in [4.69, 9.17) is 5.73 Å². The van der Waals surface area contributed by atoms with Crippen LogP contribution in [0.5, 0.6) is 0 Å². The van der Waals surface area contributed by atoms with E-state index in [1.54, 1.807) is 4.90 Å². The second-order valence-electron chi connectivity index (χ2n) is 7.74. The highest BCUT2D eigenvalue weighted by Crippen LogP contribution is 2.32. The van der Waals surface area contributed by atoms with Crippen molar-refractivity contribution in [1.29, 1.82) is 0 Å². The fourth-order valence-corrected chi connectivity index (χ4v) is 4.21. The summed E-state index contributed by atoms with van der Waals surface area (Å²) in [5.74, 6) is -0.459. The highest BCUT2D eigenvalue weighted by molar-refractivity contribution is 5.93. The van der Waals surface area contributed by atoms with Gasteiger partial charge in [0.05, 0.1) is 11.6 Å². The van der Waals surface area contributed by atoms with E-state index in [1.807, 2.05) is 0 Å². The molecule has 2 amide bonds. The van der Waals surface area contributed by atoms with Crippen molar-refractivity contribution in [3.8, 4) is 0 Å². The van der Waals surface area contributed by atoms with E-state index >= 15 is 0 Å². The number of nitrogens with two attached hydrogens (primary N) is 1. The molecule has 2 aliphatic rings. The summed E-state index contributed by atoms with van der Waals surface area (Å²) < 4.78 is 0. The van der Waals surface area contributed by atoms with Gasteiger partial charge < -0.3 is 26.3 Å². The Balaban J connectivity index is 2.03. The monoisotopic (exact) mass is 407 g/mol. The minimum Gasteiger partial charge on any atom is -0.403 e. The summed E-state index contributed by atoms with van der Waals surface area (Å²) in [5, 5.41) is 22.4. The van der Waals surface area contributed by atoms with Gasteiger partial charge >= 0.3 is 0 Å². The molecule has 2 atom stereocenters. The number of hydrogen-bond donors (Lipinski definition) is 4. The second kappa shape index (κ2) is 11.7. The van der Waals surface area contributed by atoms with Crippen LogP contribution in [0.15, 0.2) is 29.7 Å². The van der Waals surface area contributed by atoms with E-state index in [0.29, 0.717) is 31.0 Å². The molecular formula is C20H33N5O4. The van der Waals surface area contributed by atoms with Gasteiger partial charge in [-0.2, -0.15) is 5.06 Å². The number of nitrogens with one attached hydrogen (secondary N) is 1. The van der Waals surface area contributed by atoms with E-state index in [2.05, 4.69) is 16.9 Å². The SMILES string of the molecule is C=C(/C=N\C=C/N)NC(=O)[C@@H]1CCCN1C(=O)[C@H](CC1CCCC1)CN(O)CO. The van der Waals surface area contributed by atoms with Crippen LogP contribution in [-0.2, 0) is 9.59 Å². The molecule has 0 radical (unpaired) electrons. The Hall–Kier alpha value is -2.23. The highest BCUT2D eigenvalue weighted by Gasteiger charge is 2.38. The number of rotatable bonds is 10. The maximum absolute atomic E-state index is 13.3. The number of carbonyl (C=O) groups is 2. The number of aliphatic hydroxyl groups excluding tert-OH is 1. The summed E-state index contributed by atoms with van der Waals surface area (Å²) in [5.41, 5.74) is 5.52. The Morgan fingerprint density at radius 1 is 1.31 bits per heavy atom. The van der Waals surface area contributed by atoms with Gasteiger partial charge in [-0.3, -0.25) is 14.6 Å². The Labute approximate surface area is 171 Å². The second-order valence-corrected chi connectivity index (χ2v) is 7.74. The number of amides is 2. The number of aliphatic imine (C=N–C) groups is 1. The Morgan fingerprint density at radius 3 is 2.69 bits per heavy atom. The number of nitrogens with zero attached hydrogens (tertiary/aromatic N) is 3. The van der Waals surface area contributed by atoms with Crippen LogP contribution in [0.4, 0.5) is 0 Å². The lowest BCUT2D eigenvalue weighted by Gasteiger charge is -2.30. The summed E-state index contributed by atoms with van der Waals surface area (Å²) in [6, 6.07) is -0.579. The zero-order valence-corrected chi connectivity index (χ0v) is 16.9. The van der Waals surface area contributed by atoms with Gasteiger partial charge in [0.25, 0.3) is 0 Å². The smallest absolute Gasteiger partial charge is 0.247 e. The molecule has 1 aliphatic carbocycles. The maximum Gasteiger partial charge on any atom is 0.247 e. The van der Waals surface area contributed by atoms with E-state index in [9.17, 15) is 19.9 Å². The van der Waals surface area contributed by atoms with Crippen LogP contribution < -0.4 is 11.1 Å². The Bertz CT molecular complexity index is 630. The van der Waals surface area contributed by atoms with Gasteiger partial charge in [-0.05, 0) is 25.2 Å². The van der Waals surface area contributed by atoms with Crippen molar-refractivity contribution < 1.29 is 19.9 Å². The molecule has 1 saturated carbocycles. The molecule has 1 saturated heterocycles. The van der Waals surface area contributed by atoms with Crippen LogP contribution in [0.2, 0.25) is 0 Å². The lowest BCUT2D eigenvalue weighted by Crippen LogP contribution is -2.49. The lowest BCUT2D eigenvalue weighted by atomic mass is 9.91. The molecule has 9 heteroatoms. The maximum atomic E-state index is 13.3. The summed E-state index contributed by atoms with van der Waals surface area (Å²) in [4.78, 5) is 31.4. The van der Waals surface area contributed by atoms with Gasteiger partial charge in [-0.25, -0.2) is 0 Å². The molecular weight excluding hydrogens is 374 g/mol. The molecule has 0 aromatic rings. The fraction of sp³-hybridized carbons (Fsp3) is 0.650. The lowest BCUT2D eigenvalue weighted by molar-refractivity contribution is -0.163. The number of hydrogen-bond acceptors (Lipinski definition) is 7. The Morgan fingerprint density at radius 2 is 2.03 bits per heavy atom. The molecule has 0 aromatic carbocycles. The van der Waals surface area contributed by atoms with Crippen molar-refractivity contribution in [2.45, 2.75) is 51.0 Å². The van der Waals surface area contributed by atoms with E-state index < -0.39 is 18.7 Å². The molecule has 0 aromatic heterocycles. The summed E-state index contributed by atoms with van der Waals surface area (Å²) in [6.45, 7) is 3.76. The molecule has 1 aliphatic heterocycles. The molecule has 9 nitrogen and oxygen atoms in total. The predicted molar refractivity (Wildman–Crippen MR) is 109 cm³/mol. The standard InChI is InChI=1S/C20H33N5O4/c1-15(12-22-9-8-21)23-19(27)18-7-4-10-25(18)20(28)17(13-24(29)14-26)11-16-5-2-3-6-16/h8-9,12,16-18,26,29H,1-7,10-11,13-14,21H2,(H,23,27)/b9-8-,22-12-/t17-,18+/m1/s1. The van der Waals surface area contributed by atoms with Crippen molar-refractivity contribution in [1.82, 2.24) is 15.3 Å². The first-order valence-electron chi connectivity index (χ1n) is 10.2. The van der Waals surface area contributed by atoms with Crippen LogP contribution in [0, 0.1) is 11.8 Å². The topological polar surface area (TPSA) is 131 Å². The van der Waals surface area contributed by atoms with Crippen molar-refractivity contribution in [3.63, 3.8) is 0 Å². The molecule has 2 rings (SSSR count). The molecule has 0 bridgehead atoms. The minimum absolute atomic E-state index is 0.0570. The number of carbonyl (C=O) groups excluding carboxylic acids is 2. The zero-order chi connectivity index (χ0) is 21.2. The molecule has 162 valence electrons. The number of allylic oxidation sites excluding steroid dienone is 1. The van der Waals surface area contributed by atoms with Crippen LogP contribution in [0.25, 0.3) is 0 Å². The van der Waals surface area contributed by atoms with E-state index in [-0.39, 0.29) is 18.4 Å². The third-order valence-corrected chi connectivity index (χ3v) is 5.56. The third kappa shape index (κ3) is 6.95. The zero-order valence-electron chi connectivity index (χ0n) is 16.9. The van der Waals surface area contributed by atoms with Crippen molar-refractivity contribution in [2.24, 2.45) is 22.6 Å².